The smallest absolute Gasteiger partial charge is 0.166 e. The van der Waals surface area contributed by atoms with Gasteiger partial charge in [-0.15, -0.1) is 0 Å². The van der Waals surface area contributed by atoms with E-state index in [9.17, 15) is 8.78 Å². The summed E-state index contributed by atoms with van der Waals surface area (Å²) in [5, 5.41) is 0. The molecule has 0 saturated heterocycles. The molecule has 3 aromatic rings. The van der Waals surface area contributed by atoms with Crippen molar-refractivity contribution in [2.75, 3.05) is 0 Å². The fraction of sp³-hybridized carbons (Fsp3) is 0.167. The first-order chi connectivity index (χ1) is 10.7. The molecule has 0 N–H and O–H groups in total. The van der Waals surface area contributed by atoms with Crippen molar-refractivity contribution >= 4 is 0 Å². The van der Waals surface area contributed by atoms with Gasteiger partial charge in [-0.05, 0) is 18.1 Å². The van der Waals surface area contributed by atoms with Crippen LogP contribution in [0.4, 0.5) is 8.78 Å². The van der Waals surface area contributed by atoms with Crippen molar-refractivity contribution in [3.05, 3.63) is 66.1 Å². The largest absolute Gasteiger partial charge is 0.334 e. The molecule has 2 heterocycles. The number of fused-ring (bicyclic) bond motifs is 1. The Bertz CT molecular complexity index is 813. The van der Waals surface area contributed by atoms with Crippen molar-refractivity contribution in [2.45, 2.75) is 19.4 Å². The molecule has 0 atom stereocenters. The molecule has 2 aromatic carbocycles. The van der Waals surface area contributed by atoms with Crippen molar-refractivity contribution in [1.29, 1.82) is 0 Å². The third kappa shape index (κ3) is 2.11. The molecule has 4 heteroatoms. The quantitative estimate of drug-likeness (QED) is 0.683. The second kappa shape index (κ2) is 5.05. The van der Waals surface area contributed by atoms with Crippen LogP contribution >= 0.6 is 0 Å². The molecule has 1 aromatic heterocycles. The molecular formula is C18H14F2N2. The molecule has 110 valence electrons. The van der Waals surface area contributed by atoms with Crippen LogP contribution in [0, 0.1) is 11.6 Å². The summed E-state index contributed by atoms with van der Waals surface area (Å²) >= 11 is 0. The normalized spacial score (nSPS) is 13.4. The van der Waals surface area contributed by atoms with E-state index < -0.39 is 11.6 Å². The Labute approximate surface area is 127 Å². The first kappa shape index (κ1) is 13.2. The summed E-state index contributed by atoms with van der Waals surface area (Å²) < 4.78 is 29.3. The number of imidazole rings is 1. The highest BCUT2D eigenvalue weighted by Gasteiger charge is 2.15. The van der Waals surface area contributed by atoms with Crippen molar-refractivity contribution in [3.8, 4) is 22.4 Å². The molecule has 2 nitrogen and oxygen atoms in total. The molecule has 4 rings (SSSR count). The maximum absolute atomic E-state index is 13.8. The van der Waals surface area contributed by atoms with E-state index in [0.29, 0.717) is 5.56 Å². The minimum absolute atomic E-state index is 0.277. The third-order valence-electron chi connectivity index (χ3n) is 4.10. The van der Waals surface area contributed by atoms with Crippen molar-refractivity contribution in [2.24, 2.45) is 0 Å². The van der Waals surface area contributed by atoms with Crippen LogP contribution in [0.3, 0.4) is 0 Å². The van der Waals surface area contributed by atoms with E-state index in [-0.39, 0.29) is 5.56 Å². The van der Waals surface area contributed by atoms with Gasteiger partial charge in [0.25, 0.3) is 0 Å². The van der Waals surface area contributed by atoms with Gasteiger partial charge >= 0.3 is 0 Å². The van der Waals surface area contributed by atoms with Crippen molar-refractivity contribution in [1.82, 2.24) is 9.55 Å². The van der Waals surface area contributed by atoms with Crippen LogP contribution < -0.4 is 0 Å². The molecule has 0 bridgehead atoms. The van der Waals surface area contributed by atoms with E-state index in [1.54, 1.807) is 18.2 Å². The van der Waals surface area contributed by atoms with Gasteiger partial charge in [0.15, 0.2) is 11.6 Å². The summed E-state index contributed by atoms with van der Waals surface area (Å²) in [7, 11) is 0. The maximum atomic E-state index is 13.8. The zero-order chi connectivity index (χ0) is 15.1. The summed E-state index contributed by atoms with van der Waals surface area (Å²) in [6.45, 7) is 1.02. The van der Waals surface area contributed by atoms with Gasteiger partial charge in [0, 0.05) is 30.3 Å². The lowest BCUT2D eigenvalue weighted by Crippen LogP contribution is -1.89. The molecule has 0 saturated carbocycles. The van der Waals surface area contributed by atoms with Crippen molar-refractivity contribution < 1.29 is 8.78 Å². The van der Waals surface area contributed by atoms with Gasteiger partial charge in [-0.25, -0.2) is 13.8 Å². The summed E-state index contributed by atoms with van der Waals surface area (Å²) in [5.74, 6) is -0.515. The fourth-order valence-electron chi connectivity index (χ4n) is 2.94. The van der Waals surface area contributed by atoms with E-state index in [1.807, 2.05) is 12.1 Å². The second-order valence-electron chi connectivity index (χ2n) is 5.52. The topological polar surface area (TPSA) is 17.8 Å². The van der Waals surface area contributed by atoms with Gasteiger partial charge < -0.3 is 4.57 Å². The average molecular weight is 296 g/mol. The van der Waals surface area contributed by atoms with Crippen LogP contribution in [0.25, 0.3) is 22.4 Å². The summed E-state index contributed by atoms with van der Waals surface area (Å²) in [6, 6.07) is 11.6. The molecule has 0 spiro atoms. The lowest BCUT2D eigenvalue weighted by atomic mass is 10.0. The Hall–Kier alpha value is -2.49. The van der Waals surface area contributed by atoms with E-state index in [2.05, 4.69) is 15.7 Å². The van der Waals surface area contributed by atoms with Crippen LogP contribution in [0.2, 0.25) is 0 Å². The number of nitrogens with zero attached hydrogens (tertiary/aromatic N) is 2. The number of halogens is 2. The Balaban J connectivity index is 1.69. The maximum Gasteiger partial charge on any atom is 0.166 e. The highest BCUT2D eigenvalue weighted by molar-refractivity contribution is 5.69. The molecule has 0 amide bonds. The monoisotopic (exact) mass is 296 g/mol. The number of rotatable bonds is 2. The van der Waals surface area contributed by atoms with E-state index >= 15 is 0 Å². The van der Waals surface area contributed by atoms with Crippen LogP contribution in [-0.2, 0) is 13.0 Å². The first-order valence-electron chi connectivity index (χ1n) is 7.33. The Morgan fingerprint density at radius 3 is 2.50 bits per heavy atom. The predicted octanol–water partition coefficient (Wildman–Crippen LogP) is 4.44. The molecule has 0 fully saturated rings. The van der Waals surface area contributed by atoms with Crippen LogP contribution in [-0.4, -0.2) is 9.55 Å². The zero-order valence-electron chi connectivity index (χ0n) is 11.9. The number of benzene rings is 2. The molecule has 0 radical (unpaired) electrons. The standard InChI is InChI=1S/C18H14F2N2/c19-15-4-1-3-14(18(15)20)12-6-8-13(9-7-12)16-11-22-10-2-5-17(22)21-16/h1,3-4,6-9,11H,2,5,10H2. The van der Waals surface area contributed by atoms with E-state index in [0.717, 1.165) is 42.5 Å². The number of aromatic nitrogens is 2. The molecule has 22 heavy (non-hydrogen) atoms. The highest BCUT2D eigenvalue weighted by atomic mass is 19.2. The molecular weight excluding hydrogens is 282 g/mol. The number of hydrogen-bond acceptors (Lipinski definition) is 1. The van der Waals surface area contributed by atoms with Crippen LogP contribution in [0.5, 0.6) is 0 Å². The zero-order valence-corrected chi connectivity index (χ0v) is 11.9. The van der Waals surface area contributed by atoms with Gasteiger partial charge in [0.05, 0.1) is 5.69 Å². The van der Waals surface area contributed by atoms with E-state index in [4.69, 9.17) is 0 Å². The fourth-order valence-corrected chi connectivity index (χ4v) is 2.94. The number of aryl methyl sites for hydroxylation is 2. The highest BCUT2D eigenvalue weighted by Crippen LogP contribution is 2.28. The lowest BCUT2D eigenvalue weighted by Gasteiger charge is -2.05. The SMILES string of the molecule is Fc1cccc(-c2ccc(-c3cn4c(n3)CCC4)cc2)c1F. The third-order valence-corrected chi connectivity index (χ3v) is 4.10. The average Bonchev–Trinajstić information content (AvgIpc) is 3.12. The van der Waals surface area contributed by atoms with Gasteiger partial charge in [0.1, 0.15) is 5.82 Å². The predicted molar refractivity (Wildman–Crippen MR) is 81.3 cm³/mol. The Kier molecular flexibility index (Phi) is 3.03. The lowest BCUT2D eigenvalue weighted by molar-refractivity contribution is 0.511. The van der Waals surface area contributed by atoms with Crippen molar-refractivity contribution in [3.63, 3.8) is 0 Å². The summed E-state index contributed by atoms with van der Waals surface area (Å²) in [5.41, 5.74) is 2.86. The van der Waals surface area contributed by atoms with Gasteiger partial charge in [-0.2, -0.15) is 0 Å². The molecule has 1 aliphatic heterocycles. The second-order valence-corrected chi connectivity index (χ2v) is 5.52. The Morgan fingerprint density at radius 1 is 0.955 bits per heavy atom. The summed E-state index contributed by atoms with van der Waals surface area (Å²) in [6.07, 6.45) is 4.23. The Morgan fingerprint density at radius 2 is 1.73 bits per heavy atom. The van der Waals surface area contributed by atoms with Gasteiger partial charge in [-0.1, -0.05) is 36.4 Å². The minimum atomic E-state index is -0.827. The minimum Gasteiger partial charge on any atom is -0.334 e. The molecule has 0 aliphatic carbocycles. The van der Waals surface area contributed by atoms with E-state index in [1.165, 1.54) is 6.07 Å². The van der Waals surface area contributed by atoms with Crippen LogP contribution in [0.15, 0.2) is 48.7 Å². The molecule has 0 unspecified atom stereocenters. The van der Waals surface area contributed by atoms with Gasteiger partial charge in [-0.3, -0.25) is 0 Å². The first-order valence-corrected chi connectivity index (χ1v) is 7.33. The molecule has 1 aliphatic rings. The van der Waals surface area contributed by atoms with Crippen LogP contribution in [0.1, 0.15) is 12.2 Å². The van der Waals surface area contributed by atoms with Gasteiger partial charge in [0.2, 0.25) is 0 Å². The number of hydrogen-bond donors (Lipinski definition) is 0. The summed E-state index contributed by atoms with van der Waals surface area (Å²) in [4.78, 5) is 4.62.